The minimum atomic E-state index is 0.588. The SMILES string of the molecule is c1nnnn1C1CC2CCCC2C1. The fourth-order valence-corrected chi connectivity index (χ4v) is 3.08. The highest BCUT2D eigenvalue weighted by molar-refractivity contribution is 4.89. The van der Waals surface area contributed by atoms with Crippen LogP contribution in [0.4, 0.5) is 0 Å². The molecular weight excluding hydrogens is 164 g/mol. The third kappa shape index (κ3) is 1.16. The van der Waals surface area contributed by atoms with Gasteiger partial charge in [0.15, 0.2) is 0 Å². The summed E-state index contributed by atoms with van der Waals surface area (Å²) in [6.45, 7) is 0. The van der Waals surface area contributed by atoms with Gasteiger partial charge in [0.1, 0.15) is 6.33 Å². The summed E-state index contributed by atoms with van der Waals surface area (Å²) in [5, 5.41) is 11.4. The molecule has 13 heavy (non-hydrogen) atoms. The average molecular weight is 178 g/mol. The summed E-state index contributed by atoms with van der Waals surface area (Å²) in [5.74, 6) is 1.93. The number of fused-ring (bicyclic) bond motifs is 1. The zero-order valence-corrected chi connectivity index (χ0v) is 7.63. The molecule has 2 atom stereocenters. The van der Waals surface area contributed by atoms with Gasteiger partial charge >= 0.3 is 0 Å². The molecule has 4 nitrogen and oxygen atoms in total. The maximum Gasteiger partial charge on any atom is 0.138 e. The standard InChI is InChI=1S/C9H14N4/c1-2-7-4-9(5-8(7)3-1)13-6-10-11-12-13/h6-9H,1-5H2. The molecule has 2 aliphatic rings. The van der Waals surface area contributed by atoms with Crippen LogP contribution in [0.3, 0.4) is 0 Å². The minimum absolute atomic E-state index is 0.588. The van der Waals surface area contributed by atoms with E-state index in [1.807, 2.05) is 4.68 Å². The lowest BCUT2D eigenvalue weighted by Gasteiger charge is -2.08. The van der Waals surface area contributed by atoms with Crippen LogP contribution in [-0.2, 0) is 0 Å². The highest BCUT2D eigenvalue weighted by Crippen LogP contribution is 2.48. The molecule has 1 aromatic heterocycles. The Morgan fingerprint density at radius 3 is 2.54 bits per heavy atom. The second-order valence-electron chi connectivity index (χ2n) is 4.37. The number of nitrogens with zero attached hydrogens (tertiary/aromatic N) is 4. The van der Waals surface area contributed by atoms with Crippen molar-refractivity contribution in [3.8, 4) is 0 Å². The summed E-state index contributed by atoms with van der Waals surface area (Å²) < 4.78 is 1.94. The summed E-state index contributed by atoms with van der Waals surface area (Å²) in [6, 6.07) is 0.588. The first-order valence-corrected chi connectivity index (χ1v) is 5.16. The Morgan fingerprint density at radius 1 is 1.15 bits per heavy atom. The van der Waals surface area contributed by atoms with Crippen LogP contribution in [0.5, 0.6) is 0 Å². The van der Waals surface area contributed by atoms with Crippen LogP contribution in [0.15, 0.2) is 6.33 Å². The predicted molar refractivity (Wildman–Crippen MR) is 46.9 cm³/mol. The van der Waals surface area contributed by atoms with E-state index in [4.69, 9.17) is 0 Å². The summed E-state index contributed by atoms with van der Waals surface area (Å²) in [5.41, 5.74) is 0. The molecule has 0 bridgehead atoms. The fourth-order valence-electron chi connectivity index (χ4n) is 3.08. The Labute approximate surface area is 77.3 Å². The van der Waals surface area contributed by atoms with Crippen LogP contribution in [0.1, 0.15) is 38.1 Å². The van der Waals surface area contributed by atoms with Crippen molar-refractivity contribution in [2.45, 2.75) is 38.1 Å². The highest BCUT2D eigenvalue weighted by Gasteiger charge is 2.38. The number of tetrazole rings is 1. The number of rotatable bonds is 1. The van der Waals surface area contributed by atoms with Crippen LogP contribution < -0.4 is 0 Å². The lowest BCUT2D eigenvalue weighted by atomic mass is 10.0. The monoisotopic (exact) mass is 178 g/mol. The van der Waals surface area contributed by atoms with Crippen molar-refractivity contribution in [3.63, 3.8) is 0 Å². The molecule has 70 valence electrons. The lowest BCUT2D eigenvalue weighted by molar-refractivity contribution is 0.420. The zero-order chi connectivity index (χ0) is 8.67. The van der Waals surface area contributed by atoms with E-state index < -0.39 is 0 Å². The molecule has 0 amide bonds. The van der Waals surface area contributed by atoms with E-state index >= 15 is 0 Å². The molecule has 2 unspecified atom stereocenters. The van der Waals surface area contributed by atoms with Crippen molar-refractivity contribution >= 4 is 0 Å². The lowest BCUT2D eigenvalue weighted by Crippen LogP contribution is -2.06. The molecule has 4 heteroatoms. The number of aromatic nitrogens is 4. The molecule has 1 heterocycles. The van der Waals surface area contributed by atoms with E-state index in [-0.39, 0.29) is 0 Å². The van der Waals surface area contributed by atoms with E-state index in [0.717, 1.165) is 11.8 Å². The molecule has 0 aromatic carbocycles. The van der Waals surface area contributed by atoms with E-state index in [2.05, 4.69) is 15.5 Å². The molecule has 1 aromatic rings. The quantitative estimate of drug-likeness (QED) is 0.653. The molecule has 3 rings (SSSR count). The van der Waals surface area contributed by atoms with Crippen molar-refractivity contribution in [3.05, 3.63) is 6.33 Å². The van der Waals surface area contributed by atoms with Gasteiger partial charge in [-0.15, -0.1) is 5.10 Å². The van der Waals surface area contributed by atoms with Gasteiger partial charge in [0.25, 0.3) is 0 Å². The first-order valence-electron chi connectivity index (χ1n) is 5.16. The Hall–Kier alpha value is -0.930. The van der Waals surface area contributed by atoms with Crippen LogP contribution >= 0.6 is 0 Å². The van der Waals surface area contributed by atoms with Crippen molar-refractivity contribution in [1.29, 1.82) is 0 Å². The Bertz CT molecular complexity index is 270. The van der Waals surface area contributed by atoms with Crippen LogP contribution in [-0.4, -0.2) is 20.2 Å². The molecule has 0 radical (unpaired) electrons. The summed E-state index contributed by atoms with van der Waals surface area (Å²) >= 11 is 0. The van der Waals surface area contributed by atoms with E-state index in [0.29, 0.717) is 6.04 Å². The number of hydrogen-bond acceptors (Lipinski definition) is 3. The molecule has 2 fully saturated rings. The van der Waals surface area contributed by atoms with Gasteiger partial charge in [0.05, 0.1) is 6.04 Å². The van der Waals surface area contributed by atoms with Gasteiger partial charge in [0, 0.05) is 0 Å². The summed E-state index contributed by atoms with van der Waals surface area (Å²) in [7, 11) is 0. The molecule has 2 aliphatic carbocycles. The fraction of sp³-hybridized carbons (Fsp3) is 0.889. The second kappa shape index (κ2) is 2.79. The van der Waals surface area contributed by atoms with Gasteiger partial charge in [0.2, 0.25) is 0 Å². The van der Waals surface area contributed by atoms with E-state index in [1.54, 1.807) is 6.33 Å². The smallest absolute Gasteiger partial charge is 0.138 e. The van der Waals surface area contributed by atoms with Crippen LogP contribution in [0, 0.1) is 11.8 Å². The molecule has 2 saturated carbocycles. The van der Waals surface area contributed by atoms with Crippen molar-refractivity contribution in [2.75, 3.05) is 0 Å². The molecule has 0 aliphatic heterocycles. The van der Waals surface area contributed by atoms with Crippen LogP contribution in [0.2, 0.25) is 0 Å². The topological polar surface area (TPSA) is 43.6 Å². The maximum atomic E-state index is 3.98. The molecular formula is C9H14N4. The van der Waals surface area contributed by atoms with Gasteiger partial charge in [-0.05, 0) is 35.1 Å². The summed E-state index contributed by atoms with van der Waals surface area (Å²) in [6.07, 6.45) is 8.67. The van der Waals surface area contributed by atoms with Gasteiger partial charge in [-0.1, -0.05) is 19.3 Å². The third-order valence-corrected chi connectivity index (χ3v) is 3.71. The average Bonchev–Trinajstić information content (AvgIpc) is 2.78. The molecule has 0 spiro atoms. The minimum Gasteiger partial charge on any atom is -0.229 e. The maximum absolute atomic E-state index is 3.98. The zero-order valence-electron chi connectivity index (χ0n) is 7.63. The van der Waals surface area contributed by atoms with Crippen LogP contribution in [0.25, 0.3) is 0 Å². The number of hydrogen-bond donors (Lipinski definition) is 0. The Morgan fingerprint density at radius 2 is 1.92 bits per heavy atom. The van der Waals surface area contributed by atoms with Gasteiger partial charge in [-0.3, -0.25) is 0 Å². The third-order valence-electron chi connectivity index (χ3n) is 3.71. The summed E-state index contributed by atoms with van der Waals surface area (Å²) in [4.78, 5) is 0. The molecule has 0 N–H and O–H groups in total. The largest absolute Gasteiger partial charge is 0.229 e. The first kappa shape index (κ1) is 7.47. The van der Waals surface area contributed by atoms with Crippen molar-refractivity contribution in [1.82, 2.24) is 20.2 Å². The van der Waals surface area contributed by atoms with Crippen molar-refractivity contribution in [2.24, 2.45) is 11.8 Å². The Kier molecular flexibility index (Phi) is 1.60. The van der Waals surface area contributed by atoms with Gasteiger partial charge < -0.3 is 0 Å². The van der Waals surface area contributed by atoms with E-state index in [1.165, 1.54) is 32.1 Å². The first-order chi connectivity index (χ1) is 6.43. The Balaban J connectivity index is 1.76. The van der Waals surface area contributed by atoms with Gasteiger partial charge in [-0.2, -0.15) is 0 Å². The van der Waals surface area contributed by atoms with Crippen molar-refractivity contribution < 1.29 is 0 Å². The highest BCUT2D eigenvalue weighted by atomic mass is 15.5. The normalized spacial score (nSPS) is 38.0. The predicted octanol–water partition coefficient (Wildman–Crippen LogP) is 1.42. The second-order valence-corrected chi connectivity index (χ2v) is 4.37. The van der Waals surface area contributed by atoms with Gasteiger partial charge in [-0.25, -0.2) is 4.68 Å². The molecule has 0 saturated heterocycles. The van der Waals surface area contributed by atoms with E-state index in [9.17, 15) is 0 Å².